The van der Waals surface area contributed by atoms with Crippen molar-refractivity contribution >= 4 is 29.2 Å². The largest absolute Gasteiger partial charge is 0.331 e. The quantitative estimate of drug-likeness (QED) is 0.515. The van der Waals surface area contributed by atoms with Crippen LogP contribution in [0.2, 0.25) is 0 Å². The molecule has 0 atom stereocenters. The van der Waals surface area contributed by atoms with Gasteiger partial charge in [0.2, 0.25) is 0 Å². The van der Waals surface area contributed by atoms with Gasteiger partial charge in [0, 0.05) is 5.69 Å². The number of thiocarbonyl (C=S) groups is 1. The third-order valence-electron chi connectivity index (χ3n) is 2.95. The maximum atomic E-state index is 13.0. The van der Waals surface area contributed by atoms with E-state index in [1.165, 1.54) is 18.3 Å². The Morgan fingerprint density at radius 3 is 2.48 bits per heavy atom. The minimum atomic E-state index is -0.296. The predicted octanol–water partition coefficient (Wildman–Crippen LogP) is 3.76. The molecule has 0 saturated carbocycles. The number of nitrogens with one attached hydrogen (secondary N) is 2. The molecule has 0 saturated heterocycles. The van der Waals surface area contributed by atoms with Crippen molar-refractivity contribution < 1.29 is 4.39 Å². The minimum absolute atomic E-state index is 0.296. The topological polar surface area (TPSA) is 36.4 Å². The second-order valence-electron chi connectivity index (χ2n) is 4.65. The van der Waals surface area contributed by atoms with Crippen LogP contribution in [-0.2, 0) is 0 Å². The molecule has 0 fully saturated rings. The molecule has 21 heavy (non-hydrogen) atoms. The summed E-state index contributed by atoms with van der Waals surface area (Å²) in [7, 11) is 0. The first-order valence-corrected chi connectivity index (χ1v) is 6.89. The summed E-state index contributed by atoms with van der Waals surface area (Å²) in [6.45, 7) is 4.02. The van der Waals surface area contributed by atoms with Crippen LogP contribution in [0.25, 0.3) is 0 Å². The number of benzene rings is 2. The van der Waals surface area contributed by atoms with Crippen LogP contribution in [0.4, 0.5) is 10.1 Å². The Bertz CT molecular complexity index is 663. The first kappa shape index (κ1) is 15.1. The van der Waals surface area contributed by atoms with Gasteiger partial charge in [-0.25, -0.2) is 4.39 Å². The van der Waals surface area contributed by atoms with Gasteiger partial charge in [-0.05, 0) is 54.9 Å². The summed E-state index contributed by atoms with van der Waals surface area (Å²) in [4.78, 5) is 0. The fourth-order valence-electron chi connectivity index (χ4n) is 1.91. The molecular weight excluding hydrogens is 285 g/mol. The van der Waals surface area contributed by atoms with Gasteiger partial charge in [0.1, 0.15) is 5.82 Å². The van der Waals surface area contributed by atoms with Crippen LogP contribution < -0.4 is 10.7 Å². The Balaban J connectivity index is 1.96. The van der Waals surface area contributed by atoms with Crippen molar-refractivity contribution in [1.29, 1.82) is 0 Å². The molecule has 2 rings (SSSR count). The number of rotatable bonds is 3. The second-order valence-corrected chi connectivity index (χ2v) is 5.05. The summed E-state index contributed by atoms with van der Waals surface area (Å²) in [6, 6.07) is 12.2. The standard InChI is InChI=1S/C16H16FN3S/c1-11-5-3-6-12(2)15(11)19-16(21)20-18-10-13-7-4-8-14(17)9-13/h3-10H,1-2H3,(H2,19,20,21)/b18-10-. The molecule has 0 bridgehead atoms. The van der Waals surface area contributed by atoms with Crippen molar-refractivity contribution in [2.45, 2.75) is 13.8 Å². The van der Waals surface area contributed by atoms with E-state index in [2.05, 4.69) is 15.8 Å². The van der Waals surface area contributed by atoms with Crippen LogP contribution in [0, 0.1) is 19.7 Å². The van der Waals surface area contributed by atoms with E-state index in [-0.39, 0.29) is 5.82 Å². The van der Waals surface area contributed by atoms with E-state index in [1.807, 2.05) is 32.0 Å². The maximum absolute atomic E-state index is 13.0. The Kier molecular flexibility index (Phi) is 5.00. The van der Waals surface area contributed by atoms with E-state index in [0.29, 0.717) is 10.7 Å². The van der Waals surface area contributed by atoms with Gasteiger partial charge in [0.25, 0.3) is 0 Å². The highest BCUT2D eigenvalue weighted by atomic mass is 32.1. The van der Waals surface area contributed by atoms with Gasteiger partial charge >= 0.3 is 0 Å². The molecule has 0 amide bonds. The summed E-state index contributed by atoms with van der Waals surface area (Å²) in [6.07, 6.45) is 1.52. The van der Waals surface area contributed by atoms with E-state index in [4.69, 9.17) is 12.2 Å². The molecule has 0 heterocycles. The number of hydrogen-bond acceptors (Lipinski definition) is 2. The zero-order valence-corrected chi connectivity index (χ0v) is 12.7. The third-order valence-corrected chi connectivity index (χ3v) is 3.14. The van der Waals surface area contributed by atoms with Gasteiger partial charge < -0.3 is 5.32 Å². The minimum Gasteiger partial charge on any atom is -0.331 e. The van der Waals surface area contributed by atoms with Gasteiger partial charge in [-0.3, -0.25) is 5.43 Å². The van der Waals surface area contributed by atoms with E-state index in [0.717, 1.165) is 16.8 Å². The van der Waals surface area contributed by atoms with Crippen molar-refractivity contribution in [1.82, 2.24) is 5.43 Å². The lowest BCUT2D eigenvalue weighted by Crippen LogP contribution is -2.24. The summed E-state index contributed by atoms with van der Waals surface area (Å²) >= 11 is 5.19. The zero-order chi connectivity index (χ0) is 15.2. The number of anilines is 1. The van der Waals surface area contributed by atoms with Crippen molar-refractivity contribution in [3.8, 4) is 0 Å². The first-order chi connectivity index (χ1) is 10.1. The van der Waals surface area contributed by atoms with Crippen molar-refractivity contribution in [3.63, 3.8) is 0 Å². The number of para-hydroxylation sites is 1. The first-order valence-electron chi connectivity index (χ1n) is 6.48. The van der Waals surface area contributed by atoms with Gasteiger partial charge in [0.15, 0.2) is 5.11 Å². The van der Waals surface area contributed by atoms with E-state index >= 15 is 0 Å². The van der Waals surface area contributed by atoms with E-state index in [1.54, 1.807) is 12.1 Å². The molecule has 2 aromatic rings. The summed E-state index contributed by atoms with van der Waals surface area (Å²) in [5.41, 5.74) is 6.56. The fourth-order valence-corrected chi connectivity index (χ4v) is 2.06. The number of nitrogens with zero attached hydrogens (tertiary/aromatic N) is 1. The Morgan fingerprint density at radius 2 is 1.81 bits per heavy atom. The summed E-state index contributed by atoms with van der Waals surface area (Å²) in [5, 5.41) is 7.49. The van der Waals surface area contributed by atoms with Crippen molar-refractivity contribution in [2.75, 3.05) is 5.32 Å². The molecule has 0 spiro atoms. The molecule has 0 radical (unpaired) electrons. The van der Waals surface area contributed by atoms with Crippen LogP contribution in [-0.4, -0.2) is 11.3 Å². The van der Waals surface area contributed by atoms with Crippen LogP contribution in [0.15, 0.2) is 47.6 Å². The molecule has 0 unspecified atom stereocenters. The molecular formula is C16H16FN3S. The van der Waals surface area contributed by atoms with Crippen molar-refractivity contribution in [2.24, 2.45) is 5.10 Å². The number of aryl methyl sites for hydroxylation is 2. The highest BCUT2D eigenvalue weighted by Gasteiger charge is 2.03. The van der Waals surface area contributed by atoms with Gasteiger partial charge in [-0.2, -0.15) is 5.10 Å². The molecule has 3 nitrogen and oxygen atoms in total. The lowest BCUT2D eigenvalue weighted by Gasteiger charge is -2.12. The van der Waals surface area contributed by atoms with Crippen LogP contribution >= 0.6 is 12.2 Å². The summed E-state index contributed by atoms with van der Waals surface area (Å²) in [5.74, 6) is -0.296. The smallest absolute Gasteiger partial charge is 0.191 e. The van der Waals surface area contributed by atoms with E-state index in [9.17, 15) is 4.39 Å². The zero-order valence-electron chi connectivity index (χ0n) is 11.9. The third kappa shape index (κ3) is 4.36. The normalized spacial score (nSPS) is 10.6. The Morgan fingerprint density at radius 1 is 1.14 bits per heavy atom. The van der Waals surface area contributed by atoms with Crippen LogP contribution in [0.3, 0.4) is 0 Å². The lowest BCUT2D eigenvalue weighted by atomic mass is 10.1. The SMILES string of the molecule is Cc1cccc(C)c1NC(=S)N/N=C\c1cccc(F)c1. The Labute approximate surface area is 128 Å². The van der Waals surface area contributed by atoms with Crippen molar-refractivity contribution in [3.05, 3.63) is 65.0 Å². The van der Waals surface area contributed by atoms with Crippen LogP contribution in [0.1, 0.15) is 16.7 Å². The molecule has 2 aromatic carbocycles. The highest BCUT2D eigenvalue weighted by Crippen LogP contribution is 2.19. The second kappa shape index (κ2) is 6.95. The molecule has 0 aliphatic rings. The predicted molar refractivity (Wildman–Crippen MR) is 89.3 cm³/mol. The summed E-state index contributed by atoms with van der Waals surface area (Å²) < 4.78 is 13.0. The monoisotopic (exact) mass is 301 g/mol. The Hall–Kier alpha value is -2.27. The average Bonchev–Trinajstić information content (AvgIpc) is 2.43. The molecule has 2 N–H and O–H groups in total. The number of hydrogen-bond donors (Lipinski definition) is 2. The maximum Gasteiger partial charge on any atom is 0.191 e. The molecule has 0 aromatic heterocycles. The van der Waals surface area contributed by atoms with Gasteiger partial charge in [0.05, 0.1) is 6.21 Å². The van der Waals surface area contributed by atoms with Crippen LogP contribution in [0.5, 0.6) is 0 Å². The highest BCUT2D eigenvalue weighted by molar-refractivity contribution is 7.80. The average molecular weight is 301 g/mol. The molecule has 5 heteroatoms. The van der Waals surface area contributed by atoms with E-state index < -0.39 is 0 Å². The number of hydrazone groups is 1. The van der Waals surface area contributed by atoms with Gasteiger partial charge in [-0.1, -0.05) is 30.3 Å². The number of halogens is 1. The molecule has 108 valence electrons. The van der Waals surface area contributed by atoms with Gasteiger partial charge in [-0.15, -0.1) is 0 Å². The molecule has 0 aliphatic heterocycles. The lowest BCUT2D eigenvalue weighted by molar-refractivity contribution is 0.627. The molecule has 0 aliphatic carbocycles. The fraction of sp³-hybridized carbons (Fsp3) is 0.125.